The maximum atomic E-state index is 6.00. The van der Waals surface area contributed by atoms with Crippen molar-refractivity contribution in [1.29, 1.82) is 0 Å². The zero-order valence-electron chi connectivity index (χ0n) is 9.71. The molecule has 0 spiro atoms. The highest BCUT2D eigenvalue weighted by Crippen LogP contribution is 2.22. The van der Waals surface area contributed by atoms with E-state index in [4.69, 9.17) is 10.5 Å². The lowest BCUT2D eigenvalue weighted by Crippen LogP contribution is -2.42. The second kappa shape index (κ2) is 6.39. The largest absolute Gasteiger partial charge is 0.380 e. The summed E-state index contributed by atoms with van der Waals surface area (Å²) in [6.07, 6.45) is 2.39. The number of hydrogen-bond acceptors (Lipinski definition) is 2. The summed E-state index contributed by atoms with van der Waals surface area (Å²) < 4.78 is 5.46. The van der Waals surface area contributed by atoms with Crippen molar-refractivity contribution in [3.05, 3.63) is 0 Å². The smallest absolute Gasteiger partial charge is 0.0750 e. The van der Waals surface area contributed by atoms with Gasteiger partial charge in [0.1, 0.15) is 0 Å². The summed E-state index contributed by atoms with van der Waals surface area (Å²) in [5.74, 6) is 1.23. The fraction of sp³-hybridized carbons (Fsp3) is 1.00. The number of nitrogens with two attached hydrogens (primary N) is 1. The third-order valence-corrected chi connectivity index (χ3v) is 3.23. The van der Waals surface area contributed by atoms with E-state index in [9.17, 15) is 0 Å². The molecule has 0 aliphatic carbocycles. The summed E-state index contributed by atoms with van der Waals surface area (Å²) in [5, 5.41) is 0. The Kier molecular flexibility index (Phi) is 6.35. The van der Waals surface area contributed by atoms with Crippen LogP contribution in [0.5, 0.6) is 0 Å². The van der Waals surface area contributed by atoms with Gasteiger partial charge in [-0.15, -0.1) is 0 Å². The van der Waals surface area contributed by atoms with Crippen molar-refractivity contribution < 1.29 is 4.74 Å². The summed E-state index contributed by atoms with van der Waals surface area (Å²) in [7, 11) is 1.76. The molecule has 0 aliphatic rings. The van der Waals surface area contributed by atoms with Crippen LogP contribution in [0.2, 0.25) is 0 Å². The first-order valence-electron chi connectivity index (χ1n) is 5.36. The predicted molar refractivity (Wildman–Crippen MR) is 57.7 cm³/mol. The van der Waals surface area contributed by atoms with Crippen molar-refractivity contribution in [3.8, 4) is 0 Å². The molecular weight excluding hydrogens is 162 g/mol. The van der Waals surface area contributed by atoms with Crippen molar-refractivity contribution in [1.82, 2.24) is 0 Å². The molecule has 0 saturated heterocycles. The van der Waals surface area contributed by atoms with E-state index in [0.29, 0.717) is 11.8 Å². The van der Waals surface area contributed by atoms with Crippen LogP contribution in [0.15, 0.2) is 0 Å². The highest BCUT2D eigenvalue weighted by atomic mass is 16.5. The van der Waals surface area contributed by atoms with Crippen LogP contribution in [0.25, 0.3) is 0 Å². The second-order valence-corrected chi connectivity index (χ2v) is 4.02. The summed E-state index contributed by atoms with van der Waals surface area (Å²) in [6, 6.07) is 0.175. The molecule has 0 aromatic carbocycles. The SMILES string of the molecule is CCC(C)C(C)C(OC)C(N)CC. The monoisotopic (exact) mass is 187 g/mol. The molecule has 4 unspecified atom stereocenters. The minimum absolute atomic E-state index is 0.175. The molecule has 0 rings (SSSR count). The van der Waals surface area contributed by atoms with Gasteiger partial charge in [0.2, 0.25) is 0 Å². The summed E-state index contributed by atoms with van der Waals surface area (Å²) in [5.41, 5.74) is 6.00. The Morgan fingerprint density at radius 1 is 1.15 bits per heavy atom. The Bertz CT molecular complexity index is 127. The highest BCUT2D eigenvalue weighted by molar-refractivity contribution is 4.79. The Labute approximate surface area is 82.8 Å². The van der Waals surface area contributed by atoms with E-state index in [1.807, 2.05) is 0 Å². The molecule has 0 aliphatic heterocycles. The van der Waals surface area contributed by atoms with Gasteiger partial charge in [-0.3, -0.25) is 0 Å². The number of rotatable bonds is 6. The molecule has 2 heteroatoms. The molecule has 2 N–H and O–H groups in total. The number of methoxy groups -OCH3 is 1. The third kappa shape index (κ3) is 3.65. The molecule has 0 amide bonds. The molecule has 0 aromatic rings. The first-order valence-corrected chi connectivity index (χ1v) is 5.36. The Hall–Kier alpha value is -0.0800. The lowest BCUT2D eigenvalue weighted by molar-refractivity contribution is 0.0174. The van der Waals surface area contributed by atoms with Crippen LogP contribution >= 0.6 is 0 Å². The van der Waals surface area contributed by atoms with Crippen molar-refractivity contribution in [3.63, 3.8) is 0 Å². The van der Waals surface area contributed by atoms with Gasteiger partial charge in [-0.05, 0) is 18.3 Å². The van der Waals surface area contributed by atoms with Gasteiger partial charge in [-0.2, -0.15) is 0 Å². The second-order valence-electron chi connectivity index (χ2n) is 4.02. The normalized spacial score (nSPS) is 20.8. The van der Waals surface area contributed by atoms with Crippen molar-refractivity contribution in [2.45, 2.75) is 52.7 Å². The molecule has 0 saturated carbocycles. The van der Waals surface area contributed by atoms with E-state index in [0.717, 1.165) is 6.42 Å². The maximum absolute atomic E-state index is 6.00. The van der Waals surface area contributed by atoms with E-state index in [2.05, 4.69) is 27.7 Å². The summed E-state index contributed by atoms with van der Waals surface area (Å²) in [6.45, 7) is 8.82. The molecule has 4 atom stereocenters. The Balaban J connectivity index is 4.21. The summed E-state index contributed by atoms with van der Waals surface area (Å²) >= 11 is 0. The summed E-state index contributed by atoms with van der Waals surface area (Å²) in [4.78, 5) is 0. The number of ether oxygens (including phenoxy) is 1. The van der Waals surface area contributed by atoms with E-state index in [1.54, 1.807) is 7.11 Å². The molecular formula is C11H25NO. The number of hydrogen-bond donors (Lipinski definition) is 1. The molecule has 0 bridgehead atoms. The van der Waals surface area contributed by atoms with Gasteiger partial charge in [0, 0.05) is 13.2 Å². The van der Waals surface area contributed by atoms with Crippen LogP contribution in [0.4, 0.5) is 0 Å². The van der Waals surface area contributed by atoms with Crippen LogP contribution in [0.3, 0.4) is 0 Å². The average molecular weight is 187 g/mol. The van der Waals surface area contributed by atoms with Gasteiger partial charge in [-0.25, -0.2) is 0 Å². The van der Waals surface area contributed by atoms with Crippen LogP contribution in [0.1, 0.15) is 40.5 Å². The van der Waals surface area contributed by atoms with Crippen molar-refractivity contribution in [2.75, 3.05) is 7.11 Å². The van der Waals surface area contributed by atoms with E-state index in [-0.39, 0.29) is 12.1 Å². The van der Waals surface area contributed by atoms with Crippen LogP contribution in [0, 0.1) is 11.8 Å². The molecule has 0 radical (unpaired) electrons. The first-order chi connectivity index (χ1) is 6.08. The third-order valence-electron chi connectivity index (χ3n) is 3.23. The van der Waals surface area contributed by atoms with E-state index >= 15 is 0 Å². The fourth-order valence-corrected chi connectivity index (χ4v) is 1.71. The lowest BCUT2D eigenvalue weighted by Gasteiger charge is -2.31. The average Bonchev–Trinajstić information content (AvgIpc) is 2.17. The minimum atomic E-state index is 0.175. The van der Waals surface area contributed by atoms with E-state index in [1.165, 1.54) is 6.42 Å². The maximum Gasteiger partial charge on any atom is 0.0750 e. The first kappa shape index (κ1) is 12.9. The van der Waals surface area contributed by atoms with Gasteiger partial charge in [0.25, 0.3) is 0 Å². The zero-order chi connectivity index (χ0) is 10.4. The topological polar surface area (TPSA) is 35.2 Å². The molecule has 13 heavy (non-hydrogen) atoms. The molecule has 0 heterocycles. The van der Waals surface area contributed by atoms with Crippen molar-refractivity contribution >= 4 is 0 Å². The standard InChI is InChI=1S/C11H25NO/c1-6-8(3)9(4)11(13-5)10(12)7-2/h8-11H,6-7,12H2,1-5H3. The Morgan fingerprint density at radius 3 is 2.00 bits per heavy atom. The predicted octanol–water partition coefficient (Wildman–Crippen LogP) is 2.42. The molecule has 80 valence electrons. The molecule has 2 nitrogen and oxygen atoms in total. The van der Waals surface area contributed by atoms with Crippen molar-refractivity contribution in [2.24, 2.45) is 17.6 Å². The van der Waals surface area contributed by atoms with Gasteiger partial charge >= 0.3 is 0 Å². The van der Waals surface area contributed by atoms with Crippen LogP contribution in [-0.4, -0.2) is 19.3 Å². The molecule has 0 fully saturated rings. The Morgan fingerprint density at radius 2 is 1.69 bits per heavy atom. The van der Waals surface area contributed by atoms with Crippen LogP contribution < -0.4 is 5.73 Å². The zero-order valence-corrected chi connectivity index (χ0v) is 9.71. The highest BCUT2D eigenvalue weighted by Gasteiger charge is 2.25. The van der Waals surface area contributed by atoms with E-state index < -0.39 is 0 Å². The lowest BCUT2D eigenvalue weighted by atomic mass is 9.85. The quantitative estimate of drug-likeness (QED) is 0.693. The van der Waals surface area contributed by atoms with Crippen LogP contribution in [-0.2, 0) is 4.74 Å². The van der Waals surface area contributed by atoms with Gasteiger partial charge in [-0.1, -0.05) is 34.1 Å². The minimum Gasteiger partial charge on any atom is -0.380 e. The fourth-order valence-electron chi connectivity index (χ4n) is 1.71. The van der Waals surface area contributed by atoms with Gasteiger partial charge < -0.3 is 10.5 Å². The van der Waals surface area contributed by atoms with Gasteiger partial charge in [0.05, 0.1) is 6.10 Å². The van der Waals surface area contributed by atoms with Gasteiger partial charge in [0.15, 0.2) is 0 Å². The molecule has 0 aromatic heterocycles.